The van der Waals surface area contributed by atoms with Gasteiger partial charge in [-0.3, -0.25) is 4.90 Å². The quantitative estimate of drug-likeness (QED) is 0.616. The number of anilines is 3. The van der Waals surface area contributed by atoms with Gasteiger partial charge in [0.05, 0.1) is 20.9 Å². The van der Waals surface area contributed by atoms with Crippen molar-refractivity contribution in [1.29, 1.82) is 0 Å². The molecule has 0 fully saturated rings. The number of carbonyl (C=O) groups is 1. The van der Waals surface area contributed by atoms with E-state index in [4.69, 9.17) is 34.7 Å². The maximum atomic E-state index is 12.7. The predicted octanol–water partition coefficient (Wildman–Crippen LogP) is 4.18. The average molecular weight is 396 g/mol. The molecule has 3 rings (SSSR count). The second-order valence-corrected chi connectivity index (χ2v) is 7.11. The standard InChI is InChI=1S/C16H15Cl2N5OS/c17-9-1-3-10(4-2-9)21-16(24)23(6-5-19)13-8-14-12(7-11(13)18)22-15(20)25-14/h1-4,7-8H,5-6,19H2,(H2,20,22)(H,21,24). The molecule has 1 aromatic heterocycles. The Bertz CT molecular complexity index is 913. The number of rotatable bonds is 4. The molecule has 0 bridgehead atoms. The highest BCUT2D eigenvalue weighted by molar-refractivity contribution is 7.22. The van der Waals surface area contributed by atoms with Crippen molar-refractivity contribution in [1.82, 2.24) is 4.98 Å². The molecule has 0 unspecified atom stereocenters. The smallest absolute Gasteiger partial charge is 0.326 e. The van der Waals surface area contributed by atoms with Crippen LogP contribution in [-0.4, -0.2) is 24.1 Å². The molecule has 5 N–H and O–H groups in total. The van der Waals surface area contributed by atoms with Crippen LogP contribution in [0.3, 0.4) is 0 Å². The molecule has 0 atom stereocenters. The number of urea groups is 1. The van der Waals surface area contributed by atoms with Crippen LogP contribution in [0.1, 0.15) is 0 Å². The summed E-state index contributed by atoms with van der Waals surface area (Å²) < 4.78 is 0.846. The molecular formula is C16H15Cl2N5OS. The molecule has 0 spiro atoms. The maximum Gasteiger partial charge on any atom is 0.326 e. The Morgan fingerprint density at radius 1 is 1.24 bits per heavy atom. The second-order valence-electron chi connectivity index (χ2n) is 5.20. The van der Waals surface area contributed by atoms with E-state index < -0.39 is 0 Å². The van der Waals surface area contributed by atoms with Gasteiger partial charge in [-0.05, 0) is 36.4 Å². The summed E-state index contributed by atoms with van der Waals surface area (Å²) >= 11 is 13.5. The van der Waals surface area contributed by atoms with Gasteiger partial charge in [0.2, 0.25) is 0 Å². The van der Waals surface area contributed by atoms with E-state index in [0.717, 1.165) is 4.70 Å². The lowest BCUT2D eigenvalue weighted by Gasteiger charge is -2.23. The number of hydrogen-bond donors (Lipinski definition) is 3. The first kappa shape index (κ1) is 17.8. The van der Waals surface area contributed by atoms with Crippen molar-refractivity contribution in [2.45, 2.75) is 0 Å². The van der Waals surface area contributed by atoms with Gasteiger partial charge in [-0.1, -0.05) is 34.5 Å². The van der Waals surface area contributed by atoms with E-state index in [-0.39, 0.29) is 12.6 Å². The lowest BCUT2D eigenvalue weighted by molar-refractivity contribution is 0.257. The van der Waals surface area contributed by atoms with Crippen LogP contribution in [-0.2, 0) is 0 Å². The van der Waals surface area contributed by atoms with Gasteiger partial charge >= 0.3 is 6.03 Å². The lowest BCUT2D eigenvalue weighted by atomic mass is 10.2. The fraction of sp³-hybridized carbons (Fsp3) is 0.125. The number of halogens is 2. The zero-order valence-electron chi connectivity index (χ0n) is 13.0. The van der Waals surface area contributed by atoms with Crippen LogP contribution in [0.4, 0.5) is 21.3 Å². The summed E-state index contributed by atoms with van der Waals surface area (Å²) in [4.78, 5) is 18.4. The maximum absolute atomic E-state index is 12.7. The molecule has 0 aliphatic carbocycles. The third-order valence-electron chi connectivity index (χ3n) is 3.46. The van der Waals surface area contributed by atoms with Gasteiger partial charge in [-0.2, -0.15) is 0 Å². The van der Waals surface area contributed by atoms with E-state index in [9.17, 15) is 4.79 Å². The van der Waals surface area contributed by atoms with E-state index in [1.54, 1.807) is 36.4 Å². The van der Waals surface area contributed by atoms with Gasteiger partial charge < -0.3 is 16.8 Å². The van der Waals surface area contributed by atoms with Crippen molar-refractivity contribution >= 4 is 67.3 Å². The fourth-order valence-electron chi connectivity index (χ4n) is 2.35. The van der Waals surface area contributed by atoms with Crippen molar-refractivity contribution in [2.24, 2.45) is 5.73 Å². The molecule has 0 saturated carbocycles. The van der Waals surface area contributed by atoms with Crippen molar-refractivity contribution < 1.29 is 4.79 Å². The predicted molar refractivity (Wildman–Crippen MR) is 106 cm³/mol. The average Bonchev–Trinajstić information content (AvgIpc) is 2.93. The number of nitrogens with one attached hydrogen (secondary N) is 1. The Balaban J connectivity index is 1.93. The van der Waals surface area contributed by atoms with Crippen LogP contribution in [0.15, 0.2) is 36.4 Å². The molecule has 25 heavy (non-hydrogen) atoms. The molecule has 2 amide bonds. The van der Waals surface area contributed by atoms with E-state index in [2.05, 4.69) is 10.3 Å². The van der Waals surface area contributed by atoms with E-state index in [1.165, 1.54) is 16.2 Å². The number of thiazole rings is 1. The third-order valence-corrected chi connectivity index (χ3v) is 4.86. The van der Waals surface area contributed by atoms with Crippen LogP contribution in [0.2, 0.25) is 10.0 Å². The second kappa shape index (κ2) is 7.45. The largest absolute Gasteiger partial charge is 0.375 e. The van der Waals surface area contributed by atoms with Crippen LogP contribution in [0.25, 0.3) is 10.2 Å². The van der Waals surface area contributed by atoms with Gasteiger partial charge in [-0.15, -0.1) is 0 Å². The van der Waals surface area contributed by atoms with Crippen LogP contribution in [0.5, 0.6) is 0 Å². The number of amides is 2. The summed E-state index contributed by atoms with van der Waals surface area (Å²) in [6.07, 6.45) is 0. The zero-order valence-corrected chi connectivity index (χ0v) is 15.3. The molecule has 1 heterocycles. The van der Waals surface area contributed by atoms with E-state index in [1.807, 2.05) is 0 Å². The van der Waals surface area contributed by atoms with Crippen LogP contribution < -0.4 is 21.7 Å². The SMILES string of the molecule is NCCN(C(=O)Nc1ccc(Cl)cc1)c1cc2sc(N)nc2cc1Cl. The summed E-state index contributed by atoms with van der Waals surface area (Å²) in [5, 5.41) is 4.25. The highest BCUT2D eigenvalue weighted by atomic mass is 35.5. The Morgan fingerprint density at radius 3 is 2.64 bits per heavy atom. The Hall–Kier alpha value is -2.06. The first-order chi connectivity index (χ1) is 12.0. The van der Waals surface area contributed by atoms with Gasteiger partial charge in [0.15, 0.2) is 5.13 Å². The molecule has 6 nitrogen and oxygen atoms in total. The van der Waals surface area contributed by atoms with Gasteiger partial charge in [0.1, 0.15) is 0 Å². The number of carbonyl (C=O) groups excluding carboxylic acids is 1. The molecule has 0 aliphatic rings. The highest BCUT2D eigenvalue weighted by Crippen LogP contribution is 2.34. The highest BCUT2D eigenvalue weighted by Gasteiger charge is 2.19. The Morgan fingerprint density at radius 2 is 1.96 bits per heavy atom. The van der Waals surface area contributed by atoms with Crippen molar-refractivity contribution in [3.63, 3.8) is 0 Å². The van der Waals surface area contributed by atoms with E-state index in [0.29, 0.717) is 38.6 Å². The molecule has 0 radical (unpaired) electrons. The number of benzene rings is 2. The number of fused-ring (bicyclic) bond motifs is 1. The Kier molecular flexibility index (Phi) is 5.29. The minimum absolute atomic E-state index is 0.285. The molecule has 2 aromatic carbocycles. The molecule has 0 aliphatic heterocycles. The minimum Gasteiger partial charge on any atom is -0.375 e. The lowest BCUT2D eigenvalue weighted by Crippen LogP contribution is -2.38. The number of nitrogen functional groups attached to an aromatic ring is 1. The number of nitrogens with two attached hydrogens (primary N) is 2. The molecule has 3 aromatic rings. The fourth-order valence-corrected chi connectivity index (χ4v) is 3.48. The van der Waals surface area contributed by atoms with Crippen molar-refractivity contribution in [2.75, 3.05) is 29.0 Å². The first-order valence-corrected chi connectivity index (χ1v) is 8.95. The molecule has 9 heteroatoms. The van der Waals surface area contributed by atoms with Crippen LogP contribution in [0, 0.1) is 0 Å². The molecular weight excluding hydrogens is 381 g/mol. The molecule has 0 saturated heterocycles. The summed E-state index contributed by atoms with van der Waals surface area (Å²) in [6.45, 7) is 0.589. The van der Waals surface area contributed by atoms with Gasteiger partial charge in [0, 0.05) is 23.8 Å². The van der Waals surface area contributed by atoms with Crippen molar-refractivity contribution in [3.8, 4) is 0 Å². The van der Waals surface area contributed by atoms with Gasteiger partial charge in [0.25, 0.3) is 0 Å². The summed E-state index contributed by atoms with van der Waals surface area (Å²) in [5.74, 6) is 0. The number of hydrogen-bond acceptors (Lipinski definition) is 5. The number of nitrogens with zero attached hydrogens (tertiary/aromatic N) is 2. The van der Waals surface area contributed by atoms with E-state index >= 15 is 0 Å². The Labute approximate surface area is 158 Å². The number of aromatic nitrogens is 1. The topological polar surface area (TPSA) is 97.3 Å². The first-order valence-electron chi connectivity index (χ1n) is 7.37. The zero-order chi connectivity index (χ0) is 18.0. The van der Waals surface area contributed by atoms with Crippen LogP contribution >= 0.6 is 34.5 Å². The third kappa shape index (κ3) is 3.96. The summed E-state index contributed by atoms with van der Waals surface area (Å²) in [7, 11) is 0. The van der Waals surface area contributed by atoms with Crippen molar-refractivity contribution in [3.05, 3.63) is 46.4 Å². The monoisotopic (exact) mass is 395 g/mol. The van der Waals surface area contributed by atoms with Gasteiger partial charge in [-0.25, -0.2) is 9.78 Å². The molecule has 130 valence electrons. The summed E-state index contributed by atoms with van der Waals surface area (Å²) in [6, 6.07) is 9.98. The minimum atomic E-state index is -0.341. The normalized spacial score (nSPS) is 10.8. The summed E-state index contributed by atoms with van der Waals surface area (Å²) in [5.41, 5.74) is 13.3.